The monoisotopic (exact) mass is 231 g/mol. The molecule has 2 aliphatic rings. The number of fused-ring (bicyclic) bond motifs is 2. The van der Waals surface area contributed by atoms with Crippen molar-refractivity contribution in [1.29, 1.82) is 0 Å². The molecule has 2 heteroatoms. The van der Waals surface area contributed by atoms with Crippen molar-refractivity contribution in [3.05, 3.63) is 35.4 Å². The van der Waals surface area contributed by atoms with Gasteiger partial charge >= 0.3 is 0 Å². The Bertz CT molecular complexity index is 403. The van der Waals surface area contributed by atoms with Crippen molar-refractivity contribution >= 4 is 0 Å². The molecule has 2 bridgehead atoms. The highest BCUT2D eigenvalue weighted by molar-refractivity contribution is 5.32. The summed E-state index contributed by atoms with van der Waals surface area (Å²) < 4.78 is 0. The van der Waals surface area contributed by atoms with Crippen LogP contribution in [0.1, 0.15) is 43.2 Å². The lowest BCUT2D eigenvalue weighted by Crippen LogP contribution is -2.54. The second kappa shape index (κ2) is 4.11. The Morgan fingerprint density at radius 1 is 1.18 bits per heavy atom. The van der Waals surface area contributed by atoms with E-state index in [-0.39, 0.29) is 0 Å². The minimum absolute atomic E-state index is 0.507. The molecule has 2 fully saturated rings. The van der Waals surface area contributed by atoms with Crippen molar-refractivity contribution in [3.8, 4) is 0 Å². The number of hydrogen-bond donors (Lipinski definition) is 2. The van der Waals surface area contributed by atoms with E-state index in [4.69, 9.17) is 0 Å². The Labute approximate surface area is 103 Å². The highest BCUT2D eigenvalue weighted by Crippen LogP contribution is 2.40. The molecule has 1 aromatic carbocycles. The zero-order valence-electron chi connectivity index (χ0n) is 10.4. The maximum absolute atomic E-state index is 11.0. The number of aryl methyl sites for hydroxylation is 1. The highest BCUT2D eigenvalue weighted by Gasteiger charge is 2.42. The van der Waals surface area contributed by atoms with Gasteiger partial charge in [-0.3, -0.25) is 0 Å². The molecule has 0 amide bonds. The largest absolute Gasteiger partial charge is 0.385 e. The van der Waals surface area contributed by atoms with Crippen LogP contribution in [0.15, 0.2) is 24.3 Å². The molecule has 2 unspecified atom stereocenters. The summed E-state index contributed by atoms with van der Waals surface area (Å²) >= 11 is 0. The first-order valence-electron chi connectivity index (χ1n) is 6.72. The zero-order chi connectivity index (χ0) is 11.9. The van der Waals surface area contributed by atoms with Crippen LogP contribution in [-0.2, 0) is 5.60 Å². The van der Waals surface area contributed by atoms with E-state index in [1.54, 1.807) is 0 Å². The number of benzene rings is 1. The zero-order valence-corrected chi connectivity index (χ0v) is 10.4. The number of hydrogen-bond acceptors (Lipinski definition) is 2. The van der Waals surface area contributed by atoms with Gasteiger partial charge in [0.05, 0.1) is 5.60 Å². The molecule has 2 saturated heterocycles. The van der Waals surface area contributed by atoms with E-state index in [1.807, 2.05) is 12.1 Å². The van der Waals surface area contributed by atoms with Crippen molar-refractivity contribution in [3.63, 3.8) is 0 Å². The van der Waals surface area contributed by atoms with Gasteiger partial charge in [-0.2, -0.15) is 0 Å². The lowest BCUT2D eigenvalue weighted by atomic mass is 9.73. The predicted molar refractivity (Wildman–Crippen MR) is 68.9 cm³/mol. The average Bonchev–Trinajstić information content (AvgIpc) is 2.28. The fourth-order valence-corrected chi connectivity index (χ4v) is 3.65. The number of rotatable bonds is 1. The summed E-state index contributed by atoms with van der Waals surface area (Å²) in [5.41, 5.74) is 1.75. The maximum atomic E-state index is 11.0. The fraction of sp³-hybridized carbons (Fsp3) is 0.600. The minimum atomic E-state index is -0.605. The second-order valence-electron chi connectivity index (χ2n) is 5.75. The Kier molecular flexibility index (Phi) is 2.72. The summed E-state index contributed by atoms with van der Waals surface area (Å²) in [6, 6.07) is 9.29. The van der Waals surface area contributed by atoms with E-state index < -0.39 is 5.60 Å². The van der Waals surface area contributed by atoms with Crippen LogP contribution in [0.5, 0.6) is 0 Å². The first-order chi connectivity index (χ1) is 8.17. The van der Waals surface area contributed by atoms with Gasteiger partial charge in [-0.1, -0.05) is 30.7 Å². The predicted octanol–water partition coefficient (Wildman–Crippen LogP) is 2.49. The van der Waals surface area contributed by atoms with Gasteiger partial charge in [0.1, 0.15) is 0 Å². The van der Waals surface area contributed by atoms with Crippen LogP contribution >= 0.6 is 0 Å². The topological polar surface area (TPSA) is 32.3 Å². The molecule has 1 aromatic rings. The molecule has 2 heterocycles. The van der Waals surface area contributed by atoms with E-state index in [9.17, 15) is 5.11 Å². The number of nitrogens with one attached hydrogen (secondary N) is 1. The van der Waals surface area contributed by atoms with Gasteiger partial charge in [0.25, 0.3) is 0 Å². The Hall–Kier alpha value is -0.860. The third-order valence-corrected chi connectivity index (χ3v) is 4.39. The molecule has 0 radical (unpaired) electrons. The summed E-state index contributed by atoms with van der Waals surface area (Å²) in [6.07, 6.45) is 5.48. The molecule has 2 atom stereocenters. The van der Waals surface area contributed by atoms with Gasteiger partial charge in [-0.25, -0.2) is 0 Å². The molecule has 0 aliphatic carbocycles. The molecule has 0 aromatic heterocycles. The first-order valence-corrected chi connectivity index (χ1v) is 6.72. The molecule has 92 valence electrons. The second-order valence-corrected chi connectivity index (χ2v) is 5.75. The van der Waals surface area contributed by atoms with Crippen LogP contribution in [0.3, 0.4) is 0 Å². The molecular weight excluding hydrogens is 210 g/mol. The van der Waals surface area contributed by atoms with E-state index in [2.05, 4.69) is 24.4 Å². The van der Waals surface area contributed by atoms with Crippen LogP contribution in [0.25, 0.3) is 0 Å². The molecule has 2 N–H and O–H groups in total. The molecule has 0 saturated carbocycles. The lowest BCUT2D eigenvalue weighted by Gasteiger charge is -2.46. The van der Waals surface area contributed by atoms with Gasteiger partial charge < -0.3 is 10.4 Å². The van der Waals surface area contributed by atoms with Crippen molar-refractivity contribution in [2.45, 2.75) is 56.7 Å². The van der Waals surface area contributed by atoms with Crippen molar-refractivity contribution in [2.24, 2.45) is 0 Å². The SMILES string of the molecule is Cc1ccccc1C1(O)CC2CCCC(C1)N2. The van der Waals surface area contributed by atoms with Gasteiger partial charge in [0.15, 0.2) is 0 Å². The first kappa shape index (κ1) is 11.2. The number of piperidine rings is 2. The minimum Gasteiger partial charge on any atom is -0.385 e. The summed E-state index contributed by atoms with van der Waals surface area (Å²) in [5, 5.41) is 14.6. The summed E-state index contributed by atoms with van der Waals surface area (Å²) in [7, 11) is 0. The van der Waals surface area contributed by atoms with Crippen molar-refractivity contribution in [2.75, 3.05) is 0 Å². The maximum Gasteiger partial charge on any atom is 0.0928 e. The van der Waals surface area contributed by atoms with Crippen LogP contribution in [0, 0.1) is 6.92 Å². The van der Waals surface area contributed by atoms with Crippen molar-refractivity contribution in [1.82, 2.24) is 5.32 Å². The third kappa shape index (κ3) is 2.00. The Morgan fingerprint density at radius 3 is 2.47 bits per heavy atom. The smallest absolute Gasteiger partial charge is 0.0928 e. The third-order valence-electron chi connectivity index (χ3n) is 4.39. The van der Waals surface area contributed by atoms with Crippen LogP contribution in [0.4, 0.5) is 0 Å². The normalized spacial score (nSPS) is 36.8. The molecule has 2 aliphatic heterocycles. The molecule has 3 rings (SSSR count). The Balaban J connectivity index is 1.93. The standard InChI is InChI=1S/C15H21NO/c1-11-5-2-3-8-14(11)15(17)9-12-6-4-7-13(10-15)16-12/h2-3,5,8,12-13,16-17H,4,6-7,9-10H2,1H3. The molecule has 2 nitrogen and oxygen atoms in total. The Morgan fingerprint density at radius 2 is 1.82 bits per heavy atom. The summed E-state index contributed by atoms with van der Waals surface area (Å²) in [5.74, 6) is 0. The van der Waals surface area contributed by atoms with Gasteiger partial charge in [0, 0.05) is 12.1 Å². The lowest BCUT2D eigenvalue weighted by molar-refractivity contribution is -0.0363. The van der Waals surface area contributed by atoms with E-state index >= 15 is 0 Å². The average molecular weight is 231 g/mol. The van der Waals surface area contributed by atoms with Gasteiger partial charge in [-0.15, -0.1) is 0 Å². The fourth-order valence-electron chi connectivity index (χ4n) is 3.65. The van der Waals surface area contributed by atoms with E-state index in [1.165, 1.54) is 24.8 Å². The van der Waals surface area contributed by atoms with Crippen molar-refractivity contribution < 1.29 is 5.11 Å². The molecule has 0 spiro atoms. The molecule has 17 heavy (non-hydrogen) atoms. The van der Waals surface area contributed by atoms with E-state index in [0.717, 1.165) is 18.4 Å². The van der Waals surface area contributed by atoms with Crippen LogP contribution < -0.4 is 5.32 Å². The summed E-state index contributed by atoms with van der Waals surface area (Å²) in [6.45, 7) is 2.10. The highest BCUT2D eigenvalue weighted by atomic mass is 16.3. The summed E-state index contributed by atoms with van der Waals surface area (Å²) in [4.78, 5) is 0. The van der Waals surface area contributed by atoms with Crippen LogP contribution in [-0.4, -0.2) is 17.2 Å². The quantitative estimate of drug-likeness (QED) is 0.778. The van der Waals surface area contributed by atoms with Crippen LogP contribution in [0.2, 0.25) is 0 Å². The van der Waals surface area contributed by atoms with Gasteiger partial charge in [0.2, 0.25) is 0 Å². The molecular formula is C15H21NO. The van der Waals surface area contributed by atoms with Gasteiger partial charge in [-0.05, 0) is 43.7 Å². The van der Waals surface area contributed by atoms with E-state index in [0.29, 0.717) is 12.1 Å². The number of aliphatic hydroxyl groups is 1.